The molecular weight excluding hydrogens is 262 g/mol. The zero-order valence-electron chi connectivity index (χ0n) is 13.2. The highest BCUT2D eigenvalue weighted by Crippen LogP contribution is 2.17. The van der Waals surface area contributed by atoms with Crippen LogP contribution in [0.4, 0.5) is 0 Å². The maximum absolute atomic E-state index is 5.91. The maximum atomic E-state index is 5.91. The number of nitrogens with one attached hydrogen (secondary N) is 1. The minimum absolute atomic E-state index is 0.627. The molecule has 0 atom stereocenters. The minimum Gasteiger partial charge on any atom is -0.491 e. The van der Waals surface area contributed by atoms with Gasteiger partial charge in [-0.05, 0) is 31.5 Å². The first-order valence-electron chi connectivity index (χ1n) is 7.56. The van der Waals surface area contributed by atoms with Gasteiger partial charge in [-0.25, -0.2) is 0 Å². The highest BCUT2D eigenvalue weighted by Gasteiger charge is 2.03. The van der Waals surface area contributed by atoms with E-state index in [-0.39, 0.29) is 0 Å². The molecule has 0 saturated carbocycles. The summed E-state index contributed by atoms with van der Waals surface area (Å²) in [5.41, 5.74) is 2.24. The van der Waals surface area contributed by atoms with Crippen LogP contribution in [0, 0.1) is 12.8 Å². The fourth-order valence-electron chi connectivity index (χ4n) is 2.12. The molecule has 2 aromatic rings. The van der Waals surface area contributed by atoms with Crippen LogP contribution in [0.1, 0.15) is 25.1 Å². The number of aryl methyl sites for hydroxylation is 1. The third-order valence-corrected chi connectivity index (χ3v) is 3.19. The van der Waals surface area contributed by atoms with E-state index < -0.39 is 0 Å². The SMILES string of the molecule is Cc1ccn(CCOc2ccccc2CNCC(C)C)n1. The Morgan fingerprint density at radius 3 is 2.76 bits per heavy atom. The third-order valence-electron chi connectivity index (χ3n) is 3.19. The average molecular weight is 287 g/mol. The molecule has 114 valence electrons. The molecular formula is C17H25N3O. The standard InChI is InChI=1S/C17H25N3O/c1-14(2)12-18-13-16-6-4-5-7-17(16)21-11-10-20-9-8-15(3)19-20/h4-9,14,18H,10-13H2,1-3H3. The monoisotopic (exact) mass is 287 g/mol. The van der Waals surface area contributed by atoms with Crippen LogP contribution >= 0.6 is 0 Å². The summed E-state index contributed by atoms with van der Waals surface area (Å²) in [5, 5.41) is 7.81. The van der Waals surface area contributed by atoms with Crippen molar-refractivity contribution in [1.29, 1.82) is 0 Å². The first kappa shape index (κ1) is 15.6. The Balaban J connectivity index is 1.84. The number of para-hydroxylation sites is 1. The maximum Gasteiger partial charge on any atom is 0.123 e. The lowest BCUT2D eigenvalue weighted by Gasteiger charge is -2.13. The number of hydrogen-bond acceptors (Lipinski definition) is 3. The molecule has 2 rings (SSSR count). The largest absolute Gasteiger partial charge is 0.491 e. The Bertz CT molecular complexity index is 548. The lowest BCUT2D eigenvalue weighted by molar-refractivity contribution is 0.287. The zero-order chi connectivity index (χ0) is 15.1. The van der Waals surface area contributed by atoms with Crippen LogP contribution in [0.5, 0.6) is 5.75 Å². The van der Waals surface area contributed by atoms with E-state index in [9.17, 15) is 0 Å². The molecule has 0 fully saturated rings. The molecule has 0 unspecified atom stereocenters. The molecule has 0 aliphatic heterocycles. The highest BCUT2D eigenvalue weighted by atomic mass is 16.5. The van der Waals surface area contributed by atoms with E-state index in [0.29, 0.717) is 12.5 Å². The number of benzene rings is 1. The van der Waals surface area contributed by atoms with Gasteiger partial charge in [-0.2, -0.15) is 5.10 Å². The van der Waals surface area contributed by atoms with Gasteiger partial charge in [-0.15, -0.1) is 0 Å². The second-order valence-corrected chi connectivity index (χ2v) is 5.70. The van der Waals surface area contributed by atoms with Crippen molar-refractivity contribution in [1.82, 2.24) is 15.1 Å². The fraction of sp³-hybridized carbons (Fsp3) is 0.471. The van der Waals surface area contributed by atoms with Gasteiger partial charge >= 0.3 is 0 Å². The van der Waals surface area contributed by atoms with Crippen LogP contribution in [-0.2, 0) is 13.1 Å². The molecule has 4 nitrogen and oxygen atoms in total. The van der Waals surface area contributed by atoms with Crippen LogP contribution in [0.2, 0.25) is 0 Å². The zero-order valence-corrected chi connectivity index (χ0v) is 13.2. The van der Waals surface area contributed by atoms with Gasteiger partial charge in [0.05, 0.1) is 12.2 Å². The lowest BCUT2D eigenvalue weighted by Crippen LogP contribution is -2.19. The molecule has 0 radical (unpaired) electrons. The van der Waals surface area contributed by atoms with E-state index >= 15 is 0 Å². The molecule has 1 aromatic carbocycles. The smallest absolute Gasteiger partial charge is 0.123 e. The molecule has 4 heteroatoms. The van der Waals surface area contributed by atoms with Crippen molar-refractivity contribution in [2.75, 3.05) is 13.2 Å². The highest BCUT2D eigenvalue weighted by molar-refractivity contribution is 5.33. The number of rotatable bonds is 8. The second-order valence-electron chi connectivity index (χ2n) is 5.70. The molecule has 1 aromatic heterocycles. The predicted octanol–water partition coefficient (Wildman–Crippen LogP) is 3.02. The van der Waals surface area contributed by atoms with Gasteiger partial charge in [0.15, 0.2) is 0 Å². The summed E-state index contributed by atoms with van der Waals surface area (Å²) in [6.45, 7) is 9.66. The topological polar surface area (TPSA) is 39.1 Å². The first-order valence-corrected chi connectivity index (χ1v) is 7.56. The van der Waals surface area contributed by atoms with Crippen LogP contribution in [0.25, 0.3) is 0 Å². The second kappa shape index (κ2) is 7.84. The normalized spacial score (nSPS) is 11.0. The van der Waals surface area contributed by atoms with Crippen LogP contribution in [0.3, 0.4) is 0 Å². The molecule has 1 heterocycles. The summed E-state index contributed by atoms with van der Waals surface area (Å²) in [4.78, 5) is 0. The summed E-state index contributed by atoms with van der Waals surface area (Å²) in [6.07, 6.45) is 1.98. The van der Waals surface area contributed by atoms with Crippen LogP contribution in [-0.4, -0.2) is 22.9 Å². The predicted molar refractivity (Wildman–Crippen MR) is 85.4 cm³/mol. The fourth-order valence-corrected chi connectivity index (χ4v) is 2.12. The Labute approximate surface area is 127 Å². The average Bonchev–Trinajstić information content (AvgIpc) is 2.86. The Kier molecular flexibility index (Phi) is 5.81. The lowest BCUT2D eigenvalue weighted by atomic mass is 10.2. The summed E-state index contributed by atoms with van der Waals surface area (Å²) in [6, 6.07) is 10.2. The van der Waals surface area contributed by atoms with Crippen LogP contribution in [0.15, 0.2) is 36.5 Å². The molecule has 0 spiro atoms. The van der Waals surface area contributed by atoms with Crippen molar-refractivity contribution in [3.05, 3.63) is 47.8 Å². The van der Waals surface area contributed by atoms with Crippen LogP contribution < -0.4 is 10.1 Å². The van der Waals surface area contributed by atoms with E-state index in [0.717, 1.165) is 31.1 Å². The summed E-state index contributed by atoms with van der Waals surface area (Å²) >= 11 is 0. The van der Waals surface area contributed by atoms with Gasteiger partial charge in [0.25, 0.3) is 0 Å². The molecule has 0 amide bonds. The van der Waals surface area contributed by atoms with E-state index in [2.05, 4.69) is 36.4 Å². The third kappa shape index (κ3) is 5.23. The molecule has 0 bridgehead atoms. The van der Waals surface area contributed by atoms with Crippen molar-refractivity contribution in [2.45, 2.75) is 33.9 Å². The van der Waals surface area contributed by atoms with Crippen molar-refractivity contribution in [3.63, 3.8) is 0 Å². The van der Waals surface area contributed by atoms with Crippen molar-refractivity contribution < 1.29 is 4.74 Å². The van der Waals surface area contributed by atoms with E-state index in [4.69, 9.17) is 4.74 Å². The summed E-state index contributed by atoms with van der Waals surface area (Å²) in [7, 11) is 0. The van der Waals surface area contributed by atoms with Crippen molar-refractivity contribution >= 4 is 0 Å². The van der Waals surface area contributed by atoms with Crippen molar-refractivity contribution in [3.8, 4) is 5.75 Å². The Hall–Kier alpha value is -1.81. The molecule has 0 saturated heterocycles. The van der Waals surface area contributed by atoms with E-state index in [1.165, 1.54) is 5.56 Å². The Morgan fingerprint density at radius 2 is 2.05 bits per heavy atom. The molecule has 0 aliphatic carbocycles. The number of hydrogen-bond donors (Lipinski definition) is 1. The summed E-state index contributed by atoms with van der Waals surface area (Å²) < 4.78 is 7.82. The van der Waals surface area contributed by atoms with Gasteiger partial charge in [0.2, 0.25) is 0 Å². The van der Waals surface area contributed by atoms with Gasteiger partial charge in [-0.1, -0.05) is 32.0 Å². The minimum atomic E-state index is 0.627. The molecule has 0 aliphatic rings. The molecule has 21 heavy (non-hydrogen) atoms. The quantitative estimate of drug-likeness (QED) is 0.811. The first-order chi connectivity index (χ1) is 10.1. The Morgan fingerprint density at radius 1 is 1.24 bits per heavy atom. The van der Waals surface area contributed by atoms with E-state index in [1.54, 1.807) is 0 Å². The van der Waals surface area contributed by atoms with Gasteiger partial charge in [-0.3, -0.25) is 4.68 Å². The number of nitrogens with zero attached hydrogens (tertiary/aromatic N) is 2. The van der Waals surface area contributed by atoms with Crippen molar-refractivity contribution in [2.24, 2.45) is 5.92 Å². The summed E-state index contributed by atoms with van der Waals surface area (Å²) in [5.74, 6) is 1.61. The molecule has 1 N–H and O–H groups in total. The number of ether oxygens (including phenoxy) is 1. The van der Waals surface area contributed by atoms with Gasteiger partial charge in [0, 0.05) is 18.3 Å². The number of aromatic nitrogens is 2. The van der Waals surface area contributed by atoms with E-state index in [1.807, 2.05) is 36.0 Å². The van der Waals surface area contributed by atoms with Gasteiger partial charge < -0.3 is 10.1 Å². The van der Waals surface area contributed by atoms with Gasteiger partial charge in [0.1, 0.15) is 12.4 Å².